The number of aliphatic hydroxyl groups excluding tert-OH is 1. The predicted octanol–water partition coefficient (Wildman–Crippen LogP) is 1.92. The molecule has 2 aliphatic heterocycles. The summed E-state index contributed by atoms with van der Waals surface area (Å²) in [6, 6.07) is 0. The molecule has 1 saturated carbocycles. The summed E-state index contributed by atoms with van der Waals surface area (Å²) < 4.78 is 12.7. The second kappa shape index (κ2) is 8.26. The van der Waals surface area contributed by atoms with Crippen molar-refractivity contribution < 1.29 is 9.32 Å². The predicted molar refractivity (Wildman–Crippen MR) is 124 cm³/mol. The zero-order chi connectivity index (χ0) is 22.3. The summed E-state index contributed by atoms with van der Waals surface area (Å²) in [4.78, 5) is 21.1. The number of hydrogen-bond donors (Lipinski definition) is 2. The van der Waals surface area contributed by atoms with Gasteiger partial charge in [0.1, 0.15) is 10.7 Å². The van der Waals surface area contributed by atoms with E-state index in [-0.39, 0.29) is 0 Å². The molecule has 0 saturated heterocycles. The van der Waals surface area contributed by atoms with Crippen molar-refractivity contribution >= 4 is 28.1 Å². The Morgan fingerprint density at radius 3 is 2.66 bits per heavy atom. The normalized spacial score (nSPS) is 22.3. The first-order valence-corrected chi connectivity index (χ1v) is 12.3. The molecule has 0 unspecified atom stereocenters. The SMILES string of the molecule is C#Cc1cnc(C2=CCN(c3nc4c(c(NC5([C@H](C)O)CCC5)n3)[S@](=O)CC4)CC2)nc1. The first-order valence-electron chi connectivity index (χ1n) is 11.0. The van der Waals surface area contributed by atoms with Crippen LogP contribution in [0.3, 0.4) is 0 Å². The van der Waals surface area contributed by atoms with Crippen LogP contribution in [-0.4, -0.2) is 59.7 Å². The molecule has 2 atom stereocenters. The van der Waals surface area contributed by atoms with E-state index >= 15 is 0 Å². The molecular weight excluding hydrogens is 424 g/mol. The van der Waals surface area contributed by atoms with Crippen LogP contribution in [0.5, 0.6) is 0 Å². The molecular formula is C23H26N6O2S. The number of nitrogens with one attached hydrogen (secondary N) is 1. The largest absolute Gasteiger partial charge is 0.391 e. The van der Waals surface area contributed by atoms with Crippen LogP contribution in [0.15, 0.2) is 23.4 Å². The molecule has 0 amide bonds. The van der Waals surface area contributed by atoms with Crippen LogP contribution >= 0.6 is 0 Å². The second-order valence-corrected chi connectivity index (χ2v) is 10.1. The van der Waals surface area contributed by atoms with Crippen LogP contribution in [-0.2, 0) is 17.2 Å². The standard InChI is InChI=1S/C23H26N6O2S/c1-3-16-13-24-20(25-14-16)17-5-10-29(11-6-17)22-26-18-7-12-32(31)19(18)21(27-22)28-23(15(2)30)8-4-9-23/h1,5,13-15,30H,4,6-12H2,2H3,(H,26,27,28)/t15-,32+/m0/s1. The van der Waals surface area contributed by atoms with Gasteiger partial charge in [-0.2, -0.15) is 4.98 Å². The summed E-state index contributed by atoms with van der Waals surface area (Å²) in [5.74, 6) is 5.04. The van der Waals surface area contributed by atoms with E-state index in [0.29, 0.717) is 46.8 Å². The zero-order valence-corrected chi connectivity index (χ0v) is 18.9. The fourth-order valence-electron chi connectivity index (χ4n) is 4.47. The van der Waals surface area contributed by atoms with Crippen molar-refractivity contribution in [3.05, 3.63) is 35.6 Å². The van der Waals surface area contributed by atoms with Crippen LogP contribution in [0, 0.1) is 12.3 Å². The van der Waals surface area contributed by atoms with Gasteiger partial charge in [0, 0.05) is 37.7 Å². The summed E-state index contributed by atoms with van der Waals surface area (Å²) in [7, 11) is -1.11. The lowest BCUT2D eigenvalue weighted by atomic mass is 9.73. The Hall–Kier alpha value is -2.83. The molecule has 5 rings (SSSR count). The topological polar surface area (TPSA) is 104 Å². The zero-order valence-electron chi connectivity index (χ0n) is 18.0. The molecule has 3 aliphatic rings. The average molecular weight is 451 g/mol. The molecule has 32 heavy (non-hydrogen) atoms. The van der Waals surface area contributed by atoms with E-state index in [1.807, 2.05) is 0 Å². The Balaban J connectivity index is 1.41. The molecule has 2 N–H and O–H groups in total. The first kappa shape index (κ1) is 21.0. The Morgan fingerprint density at radius 2 is 2.06 bits per heavy atom. The van der Waals surface area contributed by atoms with Gasteiger partial charge in [0.2, 0.25) is 5.95 Å². The molecule has 1 aliphatic carbocycles. The highest BCUT2D eigenvalue weighted by molar-refractivity contribution is 7.85. The molecule has 0 spiro atoms. The smallest absolute Gasteiger partial charge is 0.227 e. The molecule has 9 heteroatoms. The number of aromatic nitrogens is 4. The molecule has 4 heterocycles. The number of anilines is 2. The van der Waals surface area contributed by atoms with Crippen molar-refractivity contribution in [2.24, 2.45) is 0 Å². The second-order valence-electron chi connectivity index (χ2n) is 8.62. The maximum Gasteiger partial charge on any atom is 0.227 e. The third-order valence-electron chi connectivity index (χ3n) is 6.69. The fraction of sp³-hybridized carbons (Fsp3) is 0.478. The Labute approximate surface area is 190 Å². The lowest BCUT2D eigenvalue weighted by Crippen LogP contribution is -2.53. The van der Waals surface area contributed by atoms with Gasteiger partial charge in [-0.3, -0.25) is 4.21 Å². The highest BCUT2D eigenvalue weighted by atomic mass is 32.2. The number of aryl methyl sites for hydroxylation is 1. The third kappa shape index (κ3) is 3.67. The number of fused-ring (bicyclic) bond motifs is 1. The van der Waals surface area contributed by atoms with E-state index in [0.717, 1.165) is 43.5 Å². The Kier molecular flexibility index (Phi) is 5.43. The third-order valence-corrected chi connectivity index (χ3v) is 8.15. The van der Waals surface area contributed by atoms with Crippen molar-refractivity contribution in [1.29, 1.82) is 0 Å². The van der Waals surface area contributed by atoms with Crippen molar-refractivity contribution in [2.75, 3.05) is 29.1 Å². The summed E-state index contributed by atoms with van der Waals surface area (Å²) in [5.41, 5.74) is 2.19. The Morgan fingerprint density at radius 1 is 1.28 bits per heavy atom. The lowest BCUT2D eigenvalue weighted by Gasteiger charge is -2.45. The number of terminal acetylenes is 1. The van der Waals surface area contributed by atoms with Gasteiger partial charge in [0.25, 0.3) is 0 Å². The van der Waals surface area contributed by atoms with Gasteiger partial charge in [-0.15, -0.1) is 6.42 Å². The molecule has 2 aromatic rings. The highest BCUT2D eigenvalue weighted by Crippen LogP contribution is 2.40. The van der Waals surface area contributed by atoms with E-state index < -0.39 is 22.4 Å². The van der Waals surface area contributed by atoms with Crippen LogP contribution in [0.1, 0.15) is 49.7 Å². The minimum atomic E-state index is -1.11. The van der Waals surface area contributed by atoms with Crippen LogP contribution < -0.4 is 10.2 Å². The van der Waals surface area contributed by atoms with Gasteiger partial charge in [-0.1, -0.05) is 12.0 Å². The van der Waals surface area contributed by atoms with Gasteiger partial charge in [-0.05, 0) is 38.2 Å². The van der Waals surface area contributed by atoms with E-state index in [4.69, 9.17) is 16.4 Å². The van der Waals surface area contributed by atoms with Crippen LogP contribution in [0.2, 0.25) is 0 Å². The average Bonchev–Trinajstić information content (AvgIpc) is 3.17. The number of rotatable bonds is 5. The summed E-state index contributed by atoms with van der Waals surface area (Å²) in [6.45, 7) is 3.17. The highest BCUT2D eigenvalue weighted by Gasteiger charge is 2.43. The van der Waals surface area contributed by atoms with E-state index in [1.165, 1.54) is 0 Å². The van der Waals surface area contributed by atoms with Gasteiger partial charge in [0.05, 0.1) is 33.7 Å². The quantitative estimate of drug-likeness (QED) is 0.666. The molecule has 0 bridgehead atoms. The van der Waals surface area contributed by atoms with Crippen molar-refractivity contribution in [3.63, 3.8) is 0 Å². The maximum atomic E-state index is 12.7. The summed E-state index contributed by atoms with van der Waals surface area (Å²) in [5, 5.41) is 13.8. The fourth-order valence-corrected chi connectivity index (χ4v) is 5.78. The summed E-state index contributed by atoms with van der Waals surface area (Å²) in [6.07, 6.45) is 14.5. The molecule has 166 valence electrons. The Bertz CT molecular complexity index is 1130. The lowest BCUT2D eigenvalue weighted by molar-refractivity contribution is 0.0631. The monoisotopic (exact) mass is 450 g/mol. The number of nitrogens with zero attached hydrogens (tertiary/aromatic N) is 5. The minimum Gasteiger partial charge on any atom is -0.391 e. The van der Waals surface area contributed by atoms with Crippen molar-refractivity contribution in [2.45, 2.75) is 55.6 Å². The minimum absolute atomic E-state index is 0.400. The molecule has 0 radical (unpaired) electrons. The molecule has 8 nitrogen and oxygen atoms in total. The van der Waals surface area contributed by atoms with Gasteiger partial charge >= 0.3 is 0 Å². The van der Waals surface area contributed by atoms with Crippen molar-refractivity contribution in [3.8, 4) is 12.3 Å². The first-order chi connectivity index (χ1) is 15.5. The van der Waals surface area contributed by atoms with Gasteiger partial charge in [-0.25, -0.2) is 15.0 Å². The molecule has 0 aromatic carbocycles. The molecule has 2 aromatic heterocycles. The van der Waals surface area contributed by atoms with E-state index in [1.54, 1.807) is 19.3 Å². The van der Waals surface area contributed by atoms with Gasteiger partial charge < -0.3 is 15.3 Å². The number of aliphatic hydroxyl groups is 1. The van der Waals surface area contributed by atoms with Crippen LogP contribution in [0.4, 0.5) is 11.8 Å². The van der Waals surface area contributed by atoms with Gasteiger partial charge in [0.15, 0.2) is 5.82 Å². The van der Waals surface area contributed by atoms with E-state index in [2.05, 4.69) is 32.2 Å². The van der Waals surface area contributed by atoms with Crippen LogP contribution in [0.25, 0.3) is 5.57 Å². The van der Waals surface area contributed by atoms with Crippen molar-refractivity contribution in [1.82, 2.24) is 19.9 Å². The number of hydrogen-bond acceptors (Lipinski definition) is 8. The maximum absolute atomic E-state index is 12.7. The molecule has 1 fully saturated rings. The summed E-state index contributed by atoms with van der Waals surface area (Å²) >= 11 is 0. The van der Waals surface area contributed by atoms with E-state index in [9.17, 15) is 9.32 Å².